The number of ether oxygens (including phenoxy) is 1. The Kier molecular flexibility index (Phi) is 9.26. The number of hydrogen-bond donors (Lipinski definition) is 1. The summed E-state index contributed by atoms with van der Waals surface area (Å²) in [6.45, 7) is 8.72. The van der Waals surface area contributed by atoms with Crippen molar-refractivity contribution >= 4 is 23.2 Å². The van der Waals surface area contributed by atoms with E-state index < -0.39 is 5.92 Å². The van der Waals surface area contributed by atoms with Gasteiger partial charge in [-0.05, 0) is 49.0 Å². The zero-order valence-corrected chi connectivity index (χ0v) is 20.2. The third-order valence-electron chi connectivity index (χ3n) is 5.90. The van der Waals surface area contributed by atoms with Crippen LogP contribution in [0.2, 0.25) is 0 Å². The Bertz CT molecular complexity index is 865. The number of benzene rings is 1. The molecule has 0 fully saturated rings. The molecule has 2 heterocycles. The molecule has 0 unspecified atom stereocenters. The monoisotopic (exact) mass is 457 g/mol. The molecule has 174 valence electrons. The summed E-state index contributed by atoms with van der Waals surface area (Å²) in [6.07, 6.45) is 2.20. The van der Waals surface area contributed by atoms with E-state index in [1.807, 2.05) is 46.7 Å². The summed E-state index contributed by atoms with van der Waals surface area (Å²) in [7, 11) is 1.63. The van der Waals surface area contributed by atoms with Crippen molar-refractivity contribution in [3.05, 3.63) is 57.8 Å². The normalized spacial score (nSPS) is 18.1. The average molecular weight is 458 g/mol. The molecule has 0 spiro atoms. The van der Waals surface area contributed by atoms with E-state index >= 15 is 0 Å². The summed E-state index contributed by atoms with van der Waals surface area (Å²) in [5.41, 5.74) is 1.41. The van der Waals surface area contributed by atoms with Crippen molar-refractivity contribution < 1.29 is 14.3 Å². The molecule has 1 aliphatic rings. The quantitative estimate of drug-likeness (QED) is 0.525. The smallest absolute Gasteiger partial charge is 0.254 e. The minimum Gasteiger partial charge on any atom is -0.383 e. The van der Waals surface area contributed by atoms with Gasteiger partial charge in [-0.15, -0.1) is 11.3 Å². The van der Waals surface area contributed by atoms with Gasteiger partial charge in [0, 0.05) is 37.2 Å². The van der Waals surface area contributed by atoms with Crippen LogP contribution in [0.5, 0.6) is 0 Å². The van der Waals surface area contributed by atoms with Gasteiger partial charge in [-0.3, -0.25) is 9.59 Å². The standard InChI is InChI=1S/C25H35N3O3S/c1-4-13-27(14-5-2)15-12-26-24(29)22-19-9-6-7-10-20(19)25(30)28(16-17-31-3)23(22)21-11-8-18-32-21/h6-11,18,22-23H,4-5,12-17H2,1-3H3,(H,26,29)/t22-,23-/m1/s1. The molecule has 2 amide bonds. The van der Waals surface area contributed by atoms with Crippen LogP contribution in [0.25, 0.3) is 0 Å². The predicted molar refractivity (Wildman–Crippen MR) is 129 cm³/mol. The van der Waals surface area contributed by atoms with Gasteiger partial charge in [0.2, 0.25) is 5.91 Å². The van der Waals surface area contributed by atoms with Gasteiger partial charge in [0.15, 0.2) is 0 Å². The maximum absolute atomic E-state index is 13.6. The summed E-state index contributed by atoms with van der Waals surface area (Å²) < 4.78 is 5.28. The molecule has 1 aromatic heterocycles. The lowest BCUT2D eigenvalue weighted by molar-refractivity contribution is -0.124. The van der Waals surface area contributed by atoms with E-state index in [0.29, 0.717) is 25.3 Å². The van der Waals surface area contributed by atoms with Crippen molar-refractivity contribution in [3.8, 4) is 0 Å². The van der Waals surface area contributed by atoms with Gasteiger partial charge in [0.25, 0.3) is 5.91 Å². The Balaban J connectivity index is 1.88. The zero-order chi connectivity index (χ0) is 22.9. The third-order valence-corrected chi connectivity index (χ3v) is 6.84. The van der Waals surface area contributed by atoms with E-state index in [1.165, 1.54) is 0 Å². The summed E-state index contributed by atoms with van der Waals surface area (Å²) >= 11 is 1.58. The van der Waals surface area contributed by atoms with E-state index in [0.717, 1.165) is 42.9 Å². The molecule has 0 aliphatic carbocycles. The van der Waals surface area contributed by atoms with E-state index in [2.05, 4.69) is 24.1 Å². The minimum atomic E-state index is -0.454. The number of thiophene rings is 1. The lowest BCUT2D eigenvalue weighted by Gasteiger charge is -2.41. The van der Waals surface area contributed by atoms with Gasteiger partial charge in [0.05, 0.1) is 18.6 Å². The van der Waals surface area contributed by atoms with Gasteiger partial charge in [0.1, 0.15) is 0 Å². The molecule has 1 aliphatic heterocycles. The van der Waals surface area contributed by atoms with Gasteiger partial charge in [-0.1, -0.05) is 38.1 Å². The molecule has 1 aromatic carbocycles. The first-order valence-corrected chi connectivity index (χ1v) is 12.4. The van der Waals surface area contributed by atoms with E-state index in [1.54, 1.807) is 18.4 Å². The number of nitrogens with zero attached hydrogens (tertiary/aromatic N) is 2. The highest BCUT2D eigenvalue weighted by Gasteiger charge is 2.44. The summed E-state index contributed by atoms with van der Waals surface area (Å²) in [5.74, 6) is -0.527. The summed E-state index contributed by atoms with van der Waals surface area (Å²) in [4.78, 5) is 32.2. The van der Waals surface area contributed by atoms with Crippen LogP contribution in [0.3, 0.4) is 0 Å². The number of amides is 2. The molecule has 2 aromatic rings. The SMILES string of the molecule is CCCN(CCC)CCNC(=O)[C@@H]1c2ccccc2C(=O)N(CCOC)[C@@H]1c1cccs1. The Morgan fingerprint density at radius 2 is 1.88 bits per heavy atom. The second-order valence-electron chi connectivity index (χ2n) is 8.15. The summed E-state index contributed by atoms with van der Waals surface area (Å²) in [5, 5.41) is 5.18. The average Bonchev–Trinajstić information content (AvgIpc) is 3.33. The van der Waals surface area contributed by atoms with Crippen LogP contribution in [-0.2, 0) is 9.53 Å². The van der Waals surface area contributed by atoms with Crippen molar-refractivity contribution in [2.24, 2.45) is 0 Å². The van der Waals surface area contributed by atoms with E-state index in [4.69, 9.17) is 4.74 Å². The Morgan fingerprint density at radius 1 is 1.12 bits per heavy atom. The first kappa shape index (κ1) is 24.4. The largest absolute Gasteiger partial charge is 0.383 e. The number of fused-ring (bicyclic) bond motifs is 1. The van der Waals surface area contributed by atoms with Crippen molar-refractivity contribution in [1.29, 1.82) is 0 Å². The van der Waals surface area contributed by atoms with Crippen LogP contribution < -0.4 is 5.32 Å². The maximum atomic E-state index is 13.6. The second-order valence-corrected chi connectivity index (χ2v) is 9.13. The number of carbonyl (C=O) groups is 2. The fourth-order valence-electron chi connectivity index (χ4n) is 4.50. The molecule has 2 atom stereocenters. The first-order valence-electron chi connectivity index (χ1n) is 11.5. The maximum Gasteiger partial charge on any atom is 0.254 e. The van der Waals surface area contributed by atoms with Crippen LogP contribution >= 0.6 is 11.3 Å². The van der Waals surface area contributed by atoms with Crippen molar-refractivity contribution in [1.82, 2.24) is 15.1 Å². The Labute approximate surface area is 195 Å². The number of nitrogens with one attached hydrogen (secondary N) is 1. The molecule has 0 saturated heterocycles. The molecule has 3 rings (SSSR count). The molecule has 0 saturated carbocycles. The van der Waals surface area contributed by atoms with Crippen molar-refractivity contribution in [2.45, 2.75) is 38.6 Å². The lowest BCUT2D eigenvalue weighted by Crippen LogP contribution is -2.49. The number of methoxy groups -OCH3 is 1. The first-order chi connectivity index (χ1) is 15.6. The molecule has 0 radical (unpaired) electrons. The van der Waals surface area contributed by atoms with Crippen molar-refractivity contribution in [2.75, 3.05) is 46.4 Å². The van der Waals surface area contributed by atoms with Crippen LogP contribution in [0, 0.1) is 0 Å². The molecule has 1 N–H and O–H groups in total. The topological polar surface area (TPSA) is 61.9 Å². The van der Waals surface area contributed by atoms with Crippen molar-refractivity contribution in [3.63, 3.8) is 0 Å². The number of hydrogen-bond acceptors (Lipinski definition) is 5. The Morgan fingerprint density at radius 3 is 2.53 bits per heavy atom. The highest BCUT2D eigenvalue weighted by Crippen LogP contribution is 2.44. The van der Waals surface area contributed by atoms with Gasteiger partial charge < -0.3 is 19.9 Å². The second kappa shape index (κ2) is 12.1. The van der Waals surface area contributed by atoms with E-state index in [-0.39, 0.29) is 17.9 Å². The van der Waals surface area contributed by atoms with Gasteiger partial charge >= 0.3 is 0 Å². The summed E-state index contributed by atoms with van der Waals surface area (Å²) in [6, 6.07) is 11.2. The molecule has 7 heteroatoms. The zero-order valence-electron chi connectivity index (χ0n) is 19.4. The van der Waals surface area contributed by atoms with Gasteiger partial charge in [-0.25, -0.2) is 0 Å². The number of rotatable bonds is 12. The minimum absolute atomic E-state index is 0.0290. The van der Waals surface area contributed by atoms with Crippen LogP contribution in [0.15, 0.2) is 41.8 Å². The predicted octanol–water partition coefficient (Wildman–Crippen LogP) is 3.91. The molecular weight excluding hydrogens is 422 g/mol. The highest BCUT2D eigenvalue weighted by atomic mass is 32.1. The lowest BCUT2D eigenvalue weighted by atomic mass is 9.81. The van der Waals surface area contributed by atoms with E-state index in [9.17, 15) is 9.59 Å². The molecule has 32 heavy (non-hydrogen) atoms. The third kappa shape index (κ3) is 5.57. The fourth-order valence-corrected chi connectivity index (χ4v) is 5.38. The number of carbonyl (C=O) groups excluding carboxylic acids is 2. The highest BCUT2D eigenvalue weighted by molar-refractivity contribution is 7.10. The Hall–Kier alpha value is -2.22. The fraction of sp³-hybridized carbons (Fsp3) is 0.520. The van der Waals surface area contributed by atoms with Crippen LogP contribution in [0.4, 0.5) is 0 Å². The molecular formula is C25H35N3O3S. The molecule has 6 nitrogen and oxygen atoms in total. The van der Waals surface area contributed by atoms with Gasteiger partial charge in [-0.2, -0.15) is 0 Å². The van der Waals surface area contributed by atoms with Crippen LogP contribution in [-0.4, -0.2) is 68.1 Å². The molecule has 0 bridgehead atoms. The van der Waals surface area contributed by atoms with Crippen LogP contribution in [0.1, 0.15) is 59.4 Å².